The quantitative estimate of drug-likeness (QED) is 0.553. The van der Waals surface area contributed by atoms with Gasteiger partial charge in [-0.1, -0.05) is 70.9 Å². The van der Waals surface area contributed by atoms with Crippen LogP contribution in [0.25, 0.3) is 0 Å². The first-order chi connectivity index (χ1) is 16.7. The van der Waals surface area contributed by atoms with Gasteiger partial charge in [-0.25, -0.2) is 4.79 Å². The monoisotopic (exact) mass is 487 g/mol. The minimum absolute atomic E-state index is 0.00656. The molecule has 3 amide bonds. The van der Waals surface area contributed by atoms with Crippen LogP contribution in [0.3, 0.4) is 0 Å². The normalized spacial score (nSPS) is 24.5. The van der Waals surface area contributed by atoms with Crippen molar-refractivity contribution in [1.82, 2.24) is 16.0 Å². The summed E-state index contributed by atoms with van der Waals surface area (Å²) in [4.78, 5) is 51.2. The predicted molar refractivity (Wildman–Crippen MR) is 134 cm³/mol. The van der Waals surface area contributed by atoms with Gasteiger partial charge in [0.1, 0.15) is 18.7 Å². The Kier molecular flexibility index (Phi) is 11.7. The first-order valence-electron chi connectivity index (χ1n) is 12.8. The lowest BCUT2D eigenvalue weighted by molar-refractivity contribution is -0.151. The molecular formula is C27H41N3O5. The fourth-order valence-corrected chi connectivity index (χ4v) is 4.06. The van der Waals surface area contributed by atoms with Crippen LogP contribution < -0.4 is 16.0 Å². The first kappa shape index (κ1) is 28.3. The minimum atomic E-state index is -0.852. The Morgan fingerprint density at radius 2 is 1.49 bits per heavy atom. The van der Waals surface area contributed by atoms with Crippen LogP contribution in [0.15, 0.2) is 30.3 Å². The number of ether oxygens (including phenoxy) is 1. The fraction of sp³-hybridized carbons (Fsp3) is 0.630. The Balaban J connectivity index is 2.24. The van der Waals surface area contributed by atoms with E-state index in [9.17, 15) is 19.2 Å². The van der Waals surface area contributed by atoms with Crippen molar-refractivity contribution in [3.05, 3.63) is 35.9 Å². The highest BCUT2D eigenvalue weighted by Crippen LogP contribution is 2.13. The van der Waals surface area contributed by atoms with Crippen molar-refractivity contribution in [3.63, 3.8) is 0 Å². The molecule has 0 unspecified atom stereocenters. The molecule has 2 rings (SSSR count). The molecule has 0 saturated carbocycles. The van der Waals surface area contributed by atoms with E-state index in [-0.39, 0.29) is 42.7 Å². The van der Waals surface area contributed by atoms with Gasteiger partial charge in [0.25, 0.3) is 0 Å². The smallest absolute Gasteiger partial charge is 0.328 e. The molecule has 3 N–H and O–H groups in total. The number of esters is 1. The van der Waals surface area contributed by atoms with Gasteiger partial charge in [0.2, 0.25) is 17.7 Å². The number of hydrogen-bond acceptors (Lipinski definition) is 5. The molecule has 8 nitrogen and oxygen atoms in total. The Bertz CT molecular complexity index is 842. The molecule has 0 aliphatic carbocycles. The Morgan fingerprint density at radius 1 is 0.857 bits per heavy atom. The van der Waals surface area contributed by atoms with Gasteiger partial charge in [0.15, 0.2) is 0 Å². The van der Waals surface area contributed by atoms with Crippen LogP contribution in [0.5, 0.6) is 0 Å². The molecule has 1 aliphatic rings. The van der Waals surface area contributed by atoms with Gasteiger partial charge in [-0.2, -0.15) is 0 Å². The van der Waals surface area contributed by atoms with Crippen molar-refractivity contribution in [2.45, 2.75) is 90.8 Å². The summed E-state index contributed by atoms with van der Waals surface area (Å²) in [6.45, 7) is 7.53. The van der Waals surface area contributed by atoms with Crippen LogP contribution in [-0.4, -0.2) is 48.4 Å². The summed E-state index contributed by atoms with van der Waals surface area (Å²) in [6.07, 6.45) is 3.82. The third-order valence-corrected chi connectivity index (χ3v) is 6.45. The molecule has 1 fully saturated rings. The topological polar surface area (TPSA) is 114 Å². The van der Waals surface area contributed by atoms with Gasteiger partial charge in [0.05, 0.1) is 6.04 Å². The highest BCUT2D eigenvalue weighted by molar-refractivity contribution is 5.91. The summed E-state index contributed by atoms with van der Waals surface area (Å²) >= 11 is 0. The molecule has 35 heavy (non-hydrogen) atoms. The predicted octanol–water partition coefficient (Wildman–Crippen LogP) is 2.89. The van der Waals surface area contributed by atoms with E-state index >= 15 is 0 Å². The van der Waals surface area contributed by atoms with Gasteiger partial charge >= 0.3 is 5.97 Å². The SMILES string of the molecule is CC[C@H](C)[C@@H]1NC(=O)[C@H](C(C)C)NC(=O)CCCCCC(=O)N[C@@H](Cc2ccccc2)COC1=O. The standard InChI is InChI=1S/C27H41N3O5/c1-5-19(4)25-27(34)35-17-21(16-20-12-8-6-9-13-20)28-22(31)14-10-7-11-15-23(32)29-24(18(2)3)26(33)30-25/h6,8-9,12-13,18-19,21,24-25H,5,7,10-11,14-17H2,1-4H3,(H,28,31)(H,29,32)(H,30,33)/t19-,21-,24-,25-/m0/s1. The fourth-order valence-electron chi connectivity index (χ4n) is 4.06. The lowest BCUT2D eigenvalue weighted by atomic mass is 9.97. The number of carbonyl (C=O) groups is 4. The zero-order valence-electron chi connectivity index (χ0n) is 21.5. The van der Waals surface area contributed by atoms with E-state index in [1.54, 1.807) is 0 Å². The van der Waals surface area contributed by atoms with Crippen molar-refractivity contribution in [2.75, 3.05) is 6.61 Å². The summed E-state index contributed by atoms with van der Waals surface area (Å²) in [5, 5.41) is 8.63. The third kappa shape index (κ3) is 9.70. The van der Waals surface area contributed by atoms with E-state index in [4.69, 9.17) is 4.74 Å². The largest absolute Gasteiger partial charge is 0.462 e. The first-order valence-corrected chi connectivity index (χ1v) is 12.8. The second-order valence-corrected chi connectivity index (χ2v) is 9.81. The zero-order chi connectivity index (χ0) is 25.8. The number of cyclic esters (lactones) is 1. The molecule has 0 bridgehead atoms. The summed E-state index contributed by atoms with van der Waals surface area (Å²) in [6, 6.07) is 7.73. The Hall–Kier alpha value is -2.90. The van der Waals surface area contributed by atoms with Gasteiger partial charge in [-0.15, -0.1) is 0 Å². The van der Waals surface area contributed by atoms with Crippen molar-refractivity contribution in [3.8, 4) is 0 Å². The summed E-state index contributed by atoms with van der Waals surface area (Å²) in [7, 11) is 0. The maximum absolute atomic E-state index is 13.1. The van der Waals surface area contributed by atoms with Crippen molar-refractivity contribution in [2.24, 2.45) is 11.8 Å². The number of hydrogen-bond donors (Lipinski definition) is 3. The van der Waals surface area contributed by atoms with Crippen LogP contribution in [-0.2, 0) is 30.3 Å². The zero-order valence-corrected chi connectivity index (χ0v) is 21.5. The molecule has 8 heteroatoms. The molecule has 1 saturated heterocycles. The Labute approximate surface area is 208 Å². The minimum Gasteiger partial charge on any atom is -0.462 e. The van der Waals surface area contributed by atoms with Crippen LogP contribution in [0, 0.1) is 11.8 Å². The van der Waals surface area contributed by atoms with E-state index < -0.39 is 24.0 Å². The molecule has 1 aromatic rings. The maximum Gasteiger partial charge on any atom is 0.328 e. The lowest BCUT2D eigenvalue weighted by Gasteiger charge is -2.28. The molecule has 0 spiro atoms. The van der Waals surface area contributed by atoms with Gasteiger partial charge in [0, 0.05) is 12.8 Å². The summed E-state index contributed by atoms with van der Waals surface area (Å²) in [5.41, 5.74) is 1.02. The van der Waals surface area contributed by atoms with Crippen LogP contribution >= 0.6 is 0 Å². The van der Waals surface area contributed by atoms with E-state index in [0.717, 1.165) is 12.0 Å². The van der Waals surface area contributed by atoms with Crippen LogP contribution in [0.1, 0.15) is 71.8 Å². The highest BCUT2D eigenvalue weighted by Gasteiger charge is 2.32. The molecule has 1 heterocycles. The summed E-state index contributed by atoms with van der Waals surface area (Å²) < 4.78 is 5.65. The molecule has 0 aromatic heterocycles. The third-order valence-electron chi connectivity index (χ3n) is 6.45. The molecule has 1 aliphatic heterocycles. The van der Waals surface area contributed by atoms with E-state index in [2.05, 4.69) is 16.0 Å². The average Bonchev–Trinajstić information content (AvgIpc) is 2.83. The van der Waals surface area contributed by atoms with Crippen molar-refractivity contribution < 1.29 is 23.9 Å². The van der Waals surface area contributed by atoms with E-state index in [1.807, 2.05) is 58.0 Å². The molecule has 194 valence electrons. The summed E-state index contributed by atoms with van der Waals surface area (Å²) in [5.74, 6) is -1.57. The van der Waals surface area contributed by atoms with Crippen molar-refractivity contribution in [1.29, 1.82) is 0 Å². The van der Waals surface area contributed by atoms with E-state index in [0.29, 0.717) is 32.1 Å². The average molecular weight is 488 g/mol. The van der Waals surface area contributed by atoms with Gasteiger partial charge < -0.3 is 20.7 Å². The number of carbonyl (C=O) groups excluding carboxylic acids is 4. The maximum atomic E-state index is 13.1. The second kappa shape index (κ2) is 14.5. The highest BCUT2D eigenvalue weighted by atomic mass is 16.5. The molecule has 1 aromatic carbocycles. The number of amides is 3. The molecule has 4 atom stereocenters. The number of benzene rings is 1. The molecular weight excluding hydrogens is 446 g/mol. The Morgan fingerprint density at radius 3 is 2.09 bits per heavy atom. The lowest BCUT2D eigenvalue weighted by Crippen LogP contribution is -2.55. The van der Waals surface area contributed by atoms with Crippen molar-refractivity contribution >= 4 is 23.7 Å². The van der Waals surface area contributed by atoms with Gasteiger partial charge in [-0.05, 0) is 36.7 Å². The second-order valence-electron chi connectivity index (χ2n) is 9.81. The number of nitrogens with one attached hydrogen (secondary N) is 3. The van der Waals surface area contributed by atoms with Crippen LogP contribution in [0.4, 0.5) is 0 Å². The van der Waals surface area contributed by atoms with Crippen LogP contribution in [0.2, 0.25) is 0 Å². The number of rotatable bonds is 5. The van der Waals surface area contributed by atoms with Gasteiger partial charge in [-0.3, -0.25) is 14.4 Å². The molecule has 0 radical (unpaired) electrons. The van der Waals surface area contributed by atoms with E-state index in [1.165, 1.54) is 0 Å².